The molecule has 0 aliphatic carbocycles. The SMILES string of the molecule is CCCCCCCCCCCCCCCCCNc1cc(OCCCC)nc(N)[n+]1[O-]. The number of anilines is 2. The highest BCUT2D eigenvalue weighted by Gasteiger charge is 2.11. The molecule has 0 atom stereocenters. The third-order valence-corrected chi connectivity index (χ3v) is 5.75. The molecule has 1 aromatic rings. The van der Waals surface area contributed by atoms with Crippen LogP contribution in [0, 0.1) is 5.21 Å². The molecule has 31 heavy (non-hydrogen) atoms. The highest BCUT2D eigenvalue weighted by Crippen LogP contribution is 2.15. The van der Waals surface area contributed by atoms with Crippen LogP contribution in [-0.4, -0.2) is 18.1 Å². The number of aromatic nitrogens is 2. The van der Waals surface area contributed by atoms with Crippen LogP contribution in [0.25, 0.3) is 0 Å². The summed E-state index contributed by atoms with van der Waals surface area (Å²) in [4.78, 5) is 4.00. The third kappa shape index (κ3) is 14.1. The van der Waals surface area contributed by atoms with Crippen LogP contribution in [0.5, 0.6) is 5.88 Å². The minimum Gasteiger partial charge on any atom is -0.754 e. The van der Waals surface area contributed by atoms with E-state index in [1.165, 1.54) is 89.9 Å². The summed E-state index contributed by atoms with van der Waals surface area (Å²) >= 11 is 0. The van der Waals surface area contributed by atoms with Gasteiger partial charge in [0.25, 0.3) is 5.88 Å². The van der Waals surface area contributed by atoms with E-state index in [0.717, 1.165) is 25.8 Å². The molecule has 1 aromatic heterocycles. The Morgan fingerprint density at radius 3 is 1.81 bits per heavy atom. The highest BCUT2D eigenvalue weighted by molar-refractivity contribution is 5.36. The lowest BCUT2D eigenvalue weighted by Crippen LogP contribution is -2.36. The zero-order valence-corrected chi connectivity index (χ0v) is 20.3. The topological polar surface area (TPSA) is 87.1 Å². The molecule has 0 radical (unpaired) electrons. The molecule has 0 aliphatic rings. The largest absolute Gasteiger partial charge is 0.754 e. The van der Waals surface area contributed by atoms with E-state index in [-0.39, 0.29) is 5.95 Å². The van der Waals surface area contributed by atoms with Gasteiger partial charge in [-0.2, -0.15) is 0 Å². The lowest BCUT2D eigenvalue weighted by atomic mass is 10.0. The van der Waals surface area contributed by atoms with Crippen LogP contribution in [0.2, 0.25) is 0 Å². The smallest absolute Gasteiger partial charge is 0.347 e. The average Bonchev–Trinajstić information content (AvgIpc) is 2.76. The molecule has 3 N–H and O–H groups in total. The monoisotopic (exact) mass is 436 g/mol. The maximum absolute atomic E-state index is 12.1. The summed E-state index contributed by atoms with van der Waals surface area (Å²) in [5, 5.41) is 15.2. The first-order chi connectivity index (χ1) is 15.2. The molecular formula is C25H48N4O2. The Morgan fingerprint density at radius 1 is 0.806 bits per heavy atom. The van der Waals surface area contributed by atoms with E-state index in [1.54, 1.807) is 6.07 Å². The van der Waals surface area contributed by atoms with Crippen molar-refractivity contribution in [2.24, 2.45) is 0 Å². The van der Waals surface area contributed by atoms with Crippen molar-refractivity contribution < 1.29 is 9.47 Å². The lowest BCUT2D eigenvalue weighted by Gasteiger charge is -2.14. The van der Waals surface area contributed by atoms with E-state index in [1.807, 2.05) is 0 Å². The summed E-state index contributed by atoms with van der Waals surface area (Å²) in [6, 6.07) is 1.64. The maximum Gasteiger partial charge on any atom is 0.347 e. The van der Waals surface area contributed by atoms with Crippen LogP contribution in [0.3, 0.4) is 0 Å². The molecule has 180 valence electrons. The van der Waals surface area contributed by atoms with Crippen molar-refractivity contribution >= 4 is 11.8 Å². The first-order valence-corrected chi connectivity index (χ1v) is 13.0. The van der Waals surface area contributed by atoms with Gasteiger partial charge in [-0.15, -0.1) is 0 Å². The Hall–Kier alpha value is -1.72. The molecule has 0 unspecified atom stereocenters. The number of unbranched alkanes of at least 4 members (excludes halogenated alkanes) is 15. The molecule has 0 saturated carbocycles. The Labute approximate surface area is 190 Å². The standard InChI is InChI=1S/C25H48N4O2/c1-3-5-7-8-9-10-11-12-13-14-15-16-17-18-19-20-27-23-22-24(31-21-6-4-2)28-25(26)29(23)30/h22,27H,3-21H2,1-2H3,(H2,26,28). The van der Waals surface area contributed by atoms with Crippen molar-refractivity contribution in [2.75, 3.05) is 24.2 Å². The van der Waals surface area contributed by atoms with Gasteiger partial charge in [0.15, 0.2) is 0 Å². The van der Waals surface area contributed by atoms with Crippen LogP contribution in [0.1, 0.15) is 123 Å². The van der Waals surface area contributed by atoms with Gasteiger partial charge in [-0.05, 0) is 12.8 Å². The average molecular weight is 437 g/mol. The molecule has 6 heteroatoms. The van der Waals surface area contributed by atoms with E-state index >= 15 is 0 Å². The van der Waals surface area contributed by atoms with Gasteiger partial charge in [-0.3, -0.25) is 0 Å². The third-order valence-electron chi connectivity index (χ3n) is 5.75. The molecule has 0 bridgehead atoms. The summed E-state index contributed by atoms with van der Waals surface area (Å²) in [6.45, 7) is 5.73. The van der Waals surface area contributed by atoms with E-state index in [2.05, 4.69) is 24.1 Å². The van der Waals surface area contributed by atoms with Crippen molar-refractivity contribution in [1.82, 2.24) is 4.98 Å². The molecule has 0 saturated heterocycles. The van der Waals surface area contributed by atoms with Crippen molar-refractivity contribution in [3.05, 3.63) is 11.3 Å². The molecule has 0 aromatic carbocycles. The normalized spacial score (nSPS) is 11.0. The summed E-state index contributed by atoms with van der Waals surface area (Å²) in [6.07, 6.45) is 22.2. The van der Waals surface area contributed by atoms with E-state index < -0.39 is 0 Å². The van der Waals surface area contributed by atoms with Crippen molar-refractivity contribution in [3.8, 4) is 5.88 Å². The summed E-state index contributed by atoms with van der Waals surface area (Å²) in [7, 11) is 0. The molecule has 6 nitrogen and oxygen atoms in total. The Balaban J connectivity index is 1.99. The van der Waals surface area contributed by atoms with Crippen molar-refractivity contribution in [1.29, 1.82) is 0 Å². The molecule has 1 rings (SSSR count). The van der Waals surface area contributed by atoms with Crippen molar-refractivity contribution in [3.63, 3.8) is 0 Å². The first-order valence-electron chi connectivity index (χ1n) is 13.0. The zero-order chi connectivity index (χ0) is 22.6. The van der Waals surface area contributed by atoms with Gasteiger partial charge in [0, 0.05) is 6.54 Å². The van der Waals surface area contributed by atoms with E-state index in [0.29, 0.717) is 23.0 Å². The van der Waals surface area contributed by atoms with Gasteiger partial charge in [0.05, 0.1) is 12.7 Å². The number of ether oxygens (including phenoxy) is 1. The second kappa shape index (κ2) is 19.0. The summed E-state index contributed by atoms with van der Waals surface area (Å²) < 4.78 is 6.21. The fraction of sp³-hybridized carbons (Fsp3) is 0.840. The molecule has 1 heterocycles. The number of nitrogens with zero attached hydrogens (tertiary/aromatic N) is 2. The number of hydrogen-bond donors (Lipinski definition) is 2. The van der Waals surface area contributed by atoms with Crippen LogP contribution in [0.4, 0.5) is 11.8 Å². The number of rotatable bonds is 21. The van der Waals surface area contributed by atoms with Gasteiger partial charge in [0.2, 0.25) is 5.82 Å². The predicted octanol–water partition coefficient (Wildman–Crippen LogP) is 6.76. The van der Waals surface area contributed by atoms with Gasteiger partial charge < -0.3 is 21.0 Å². The molecule has 0 amide bonds. The minimum absolute atomic E-state index is 0.0759. The number of nitrogen functional groups attached to an aromatic ring is 1. The zero-order valence-electron chi connectivity index (χ0n) is 20.3. The predicted molar refractivity (Wildman–Crippen MR) is 131 cm³/mol. The molecule has 0 spiro atoms. The fourth-order valence-electron chi connectivity index (χ4n) is 3.72. The number of nitrogens with two attached hydrogens (primary N) is 1. The van der Waals surface area contributed by atoms with Crippen LogP contribution >= 0.6 is 0 Å². The lowest BCUT2D eigenvalue weighted by molar-refractivity contribution is -0.577. The second-order valence-electron chi connectivity index (χ2n) is 8.71. The van der Waals surface area contributed by atoms with Crippen molar-refractivity contribution in [2.45, 2.75) is 123 Å². The highest BCUT2D eigenvalue weighted by atomic mass is 16.5. The Morgan fingerprint density at radius 2 is 1.29 bits per heavy atom. The van der Waals surface area contributed by atoms with Gasteiger partial charge in [-0.25, -0.2) is 4.73 Å². The first kappa shape index (κ1) is 27.3. The molecular weight excluding hydrogens is 388 g/mol. The number of hydrogen-bond acceptors (Lipinski definition) is 5. The maximum atomic E-state index is 12.1. The van der Waals surface area contributed by atoms with Crippen LogP contribution in [0.15, 0.2) is 6.07 Å². The van der Waals surface area contributed by atoms with Gasteiger partial charge >= 0.3 is 5.95 Å². The summed E-state index contributed by atoms with van der Waals surface area (Å²) in [5.74, 6) is 0.759. The van der Waals surface area contributed by atoms with Gasteiger partial charge in [-0.1, -0.05) is 115 Å². The number of nitrogens with one attached hydrogen (secondary N) is 1. The fourth-order valence-corrected chi connectivity index (χ4v) is 3.72. The van der Waals surface area contributed by atoms with E-state index in [4.69, 9.17) is 10.5 Å². The minimum atomic E-state index is -0.0759. The van der Waals surface area contributed by atoms with Gasteiger partial charge in [0.1, 0.15) is 0 Å². The second-order valence-corrected chi connectivity index (χ2v) is 8.71. The molecule has 0 fully saturated rings. The molecule has 0 aliphatic heterocycles. The quantitative estimate of drug-likeness (QED) is 0.126. The summed E-state index contributed by atoms with van der Waals surface area (Å²) in [5.41, 5.74) is 5.71. The Kier molecular flexibility index (Phi) is 16.7. The Bertz CT molecular complexity index is 555. The van der Waals surface area contributed by atoms with E-state index in [9.17, 15) is 5.21 Å². The van der Waals surface area contributed by atoms with Crippen LogP contribution < -0.4 is 20.5 Å². The van der Waals surface area contributed by atoms with Crippen LogP contribution in [-0.2, 0) is 0 Å².